The number of rotatable bonds is 2. The van der Waals surface area contributed by atoms with Crippen LogP contribution in [0.3, 0.4) is 0 Å². The maximum atomic E-state index is 13.3. The van der Waals surface area contributed by atoms with Crippen molar-refractivity contribution < 1.29 is 18.3 Å². The van der Waals surface area contributed by atoms with Crippen LogP contribution in [0.5, 0.6) is 0 Å². The number of anilines is 1. The van der Waals surface area contributed by atoms with Crippen LogP contribution in [0, 0.1) is 0 Å². The lowest BCUT2D eigenvalue weighted by atomic mass is 10.1. The second-order valence-electron chi connectivity index (χ2n) is 6.58. The molecule has 2 fully saturated rings. The minimum Gasteiger partial charge on any atom is -0.365 e. The summed E-state index contributed by atoms with van der Waals surface area (Å²) < 4.78 is 32.3. The number of carbonyl (C=O) groups is 1. The van der Waals surface area contributed by atoms with Gasteiger partial charge < -0.3 is 14.5 Å². The average Bonchev–Trinajstić information content (AvgIpc) is 2.67. The van der Waals surface area contributed by atoms with Gasteiger partial charge in [0.15, 0.2) is 6.10 Å². The first kappa shape index (κ1) is 17.0. The van der Waals surface area contributed by atoms with Gasteiger partial charge in [0.25, 0.3) is 11.8 Å². The van der Waals surface area contributed by atoms with E-state index in [0.29, 0.717) is 19.7 Å². The molecule has 26 heavy (non-hydrogen) atoms. The van der Waals surface area contributed by atoms with E-state index in [9.17, 15) is 13.6 Å². The van der Waals surface area contributed by atoms with Crippen molar-refractivity contribution in [1.29, 1.82) is 0 Å². The van der Waals surface area contributed by atoms with Crippen molar-refractivity contribution in [3.8, 4) is 0 Å². The molecule has 0 spiro atoms. The summed E-state index contributed by atoms with van der Waals surface area (Å²) in [4.78, 5) is 28.8. The summed E-state index contributed by atoms with van der Waals surface area (Å²) in [5.41, 5.74) is 0.727. The molecule has 2 aliphatic heterocycles. The Bertz CT molecular complexity index is 803. The molecule has 1 unspecified atom stereocenters. The average molecular weight is 363 g/mol. The number of halogens is 2. The van der Waals surface area contributed by atoms with E-state index in [2.05, 4.69) is 15.0 Å². The first-order valence-corrected chi connectivity index (χ1v) is 8.61. The quantitative estimate of drug-likeness (QED) is 0.805. The summed E-state index contributed by atoms with van der Waals surface area (Å²) in [6.07, 6.45) is 3.54. The highest BCUT2D eigenvalue weighted by atomic mass is 19.3. The van der Waals surface area contributed by atoms with Gasteiger partial charge in [-0.05, 0) is 6.07 Å². The predicted octanol–water partition coefficient (Wildman–Crippen LogP) is 1.49. The number of morpholine rings is 1. The molecule has 2 saturated heterocycles. The molecule has 7 nitrogen and oxygen atoms in total. The number of aromatic nitrogens is 3. The normalized spacial score (nSPS) is 23.2. The minimum atomic E-state index is -2.68. The molecular weight excluding hydrogens is 344 g/mol. The molecule has 2 aromatic heterocycles. The lowest BCUT2D eigenvalue weighted by Gasteiger charge is -2.38. The lowest BCUT2D eigenvalue weighted by Crippen LogP contribution is -2.53. The zero-order chi connectivity index (χ0) is 18.1. The maximum Gasteiger partial charge on any atom is 0.253 e. The Morgan fingerprint density at radius 2 is 2.04 bits per heavy atom. The van der Waals surface area contributed by atoms with Crippen molar-refractivity contribution >= 4 is 22.6 Å². The Balaban J connectivity index is 1.50. The molecule has 0 aromatic carbocycles. The molecule has 138 valence electrons. The monoisotopic (exact) mass is 363 g/mol. The van der Waals surface area contributed by atoms with Crippen LogP contribution in [-0.2, 0) is 9.53 Å². The molecule has 0 aliphatic carbocycles. The summed E-state index contributed by atoms with van der Waals surface area (Å²) in [7, 11) is 0. The van der Waals surface area contributed by atoms with Crippen LogP contribution < -0.4 is 4.90 Å². The van der Waals surface area contributed by atoms with Crippen LogP contribution in [-0.4, -0.2) is 70.6 Å². The number of fused-ring (bicyclic) bond motifs is 1. The minimum absolute atomic E-state index is 0.0633. The van der Waals surface area contributed by atoms with Gasteiger partial charge in [-0.25, -0.2) is 18.7 Å². The number of ether oxygens (including phenoxy) is 1. The fraction of sp³-hybridized carbons (Fsp3) is 0.529. The van der Waals surface area contributed by atoms with Gasteiger partial charge in [0.1, 0.15) is 12.1 Å². The van der Waals surface area contributed by atoms with Crippen LogP contribution >= 0.6 is 0 Å². The molecule has 4 heterocycles. The van der Waals surface area contributed by atoms with E-state index >= 15 is 0 Å². The van der Waals surface area contributed by atoms with Gasteiger partial charge in [-0.1, -0.05) is 0 Å². The van der Waals surface area contributed by atoms with E-state index < -0.39 is 12.0 Å². The van der Waals surface area contributed by atoms with Crippen LogP contribution in [0.4, 0.5) is 14.6 Å². The summed E-state index contributed by atoms with van der Waals surface area (Å²) >= 11 is 0. The van der Waals surface area contributed by atoms with Crippen molar-refractivity contribution in [3.63, 3.8) is 0 Å². The Kier molecular flexibility index (Phi) is 4.39. The third-order valence-corrected chi connectivity index (χ3v) is 4.87. The summed E-state index contributed by atoms with van der Waals surface area (Å²) in [6.45, 7) is 1.43. The van der Waals surface area contributed by atoms with Crippen molar-refractivity contribution in [3.05, 3.63) is 24.8 Å². The van der Waals surface area contributed by atoms with Gasteiger partial charge in [-0.3, -0.25) is 9.78 Å². The van der Waals surface area contributed by atoms with E-state index in [4.69, 9.17) is 4.74 Å². The topological polar surface area (TPSA) is 71.5 Å². The van der Waals surface area contributed by atoms with Crippen LogP contribution in [0.25, 0.3) is 10.9 Å². The molecule has 2 aliphatic rings. The van der Waals surface area contributed by atoms with Crippen LogP contribution in [0.2, 0.25) is 0 Å². The molecule has 1 amide bonds. The number of alkyl halides is 2. The molecular formula is C17H19F2N5O2. The molecule has 0 N–H and O–H groups in total. The largest absolute Gasteiger partial charge is 0.365 e. The smallest absolute Gasteiger partial charge is 0.253 e. The number of amides is 1. The first-order chi connectivity index (χ1) is 12.5. The highest BCUT2D eigenvalue weighted by Gasteiger charge is 2.38. The predicted molar refractivity (Wildman–Crippen MR) is 90.0 cm³/mol. The lowest BCUT2D eigenvalue weighted by molar-refractivity contribution is -0.150. The number of pyridine rings is 1. The molecule has 9 heteroatoms. The van der Waals surface area contributed by atoms with E-state index in [0.717, 1.165) is 16.7 Å². The van der Waals surface area contributed by atoms with E-state index in [1.54, 1.807) is 12.4 Å². The molecule has 2 aromatic rings. The Labute approximate surface area is 149 Å². The number of piperidine rings is 1. The van der Waals surface area contributed by atoms with Crippen molar-refractivity contribution in [2.75, 3.05) is 37.7 Å². The second-order valence-corrected chi connectivity index (χ2v) is 6.58. The number of carbonyl (C=O) groups excluding carboxylic acids is 1. The Hall–Kier alpha value is -2.42. The van der Waals surface area contributed by atoms with Gasteiger partial charge in [0.2, 0.25) is 0 Å². The fourth-order valence-corrected chi connectivity index (χ4v) is 3.39. The summed E-state index contributed by atoms with van der Waals surface area (Å²) in [6, 6.07) is 1.84. The number of hydrogen-bond donors (Lipinski definition) is 0. The second kappa shape index (κ2) is 6.71. The standard InChI is InChI=1S/C17H19F2N5O2/c18-17(19)2-5-23(6-3-17)16(25)14-10-24(7-8-26-14)15-12-1-4-20-9-13(12)21-11-22-15/h1,4,9,11,14H,2-3,5-8,10H2. The number of nitrogens with zero attached hydrogens (tertiary/aromatic N) is 5. The number of hydrogen-bond acceptors (Lipinski definition) is 6. The van der Waals surface area contributed by atoms with Crippen molar-refractivity contribution in [1.82, 2.24) is 19.9 Å². The third-order valence-electron chi connectivity index (χ3n) is 4.87. The van der Waals surface area contributed by atoms with Crippen molar-refractivity contribution in [2.45, 2.75) is 24.9 Å². The van der Waals surface area contributed by atoms with Crippen molar-refractivity contribution in [2.24, 2.45) is 0 Å². The van der Waals surface area contributed by atoms with E-state index in [-0.39, 0.29) is 31.8 Å². The van der Waals surface area contributed by atoms with Gasteiger partial charge in [-0.15, -0.1) is 0 Å². The molecule has 0 saturated carbocycles. The summed E-state index contributed by atoms with van der Waals surface area (Å²) in [5, 5.41) is 0.855. The van der Waals surface area contributed by atoms with E-state index in [1.807, 2.05) is 11.0 Å². The maximum absolute atomic E-state index is 13.3. The molecule has 0 radical (unpaired) electrons. The van der Waals surface area contributed by atoms with Gasteiger partial charge >= 0.3 is 0 Å². The van der Waals surface area contributed by atoms with Gasteiger partial charge in [0, 0.05) is 44.1 Å². The highest BCUT2D eigenvalue weighted by molar-refractivity contribution is 5.89. The zero-order valence-electron chi connectivity index (χ0n) is 14.1. The Morgan fingerprint density at radius 3 is 2.85 bits per heavy atom. The SMILES string of the molecule is O=C(C1CN(c2ncnc3cnccc23)CCO1)N1CCC(F)(F)CC1. The molecule has 4 rings (SSSR count). The fourth-order valence-electron chi connectivity index (χ4n) is 3.39. The van der Waals surface area contributed by atoms with Gasteiger partial charge in [0.05, 0.1) is 24.9 Å². The van der Waals surface area contributed by atoms with Crippen LogP contribution in [0.1, 0.15) is 12.8 Å². The number of likely N-dealkylation sites (tertiary alicyclic amines) is 1. The highest BCUT2D eigenvalue weighted by Crippen LogP contribution is 2.29. The molecule has 1 atom stereocenters. The Morgan fingerprint density at radius 1 is 1.23 bits per heavy atom. The van der Waals surface area contributed by atoms with E-state index in [1.165, 1.54) is 11.2 Å². The van der Waals surface area contributed by atoms with Crippen LogP contribution in [0.15, 0.2) is 24.8 Å². The molecule has 0 bridgehead atoms. The third kappa shape index (κ3) is 3.31. The zero-order valence-corrected chi connectivity index (χ0v) is 14.1. The summed E-state index contributed by atoms with van der Waals surface area (Å²) in [5.74, 6) is -2.18. The first-order valence-electron chi connectivity index (χ1n) is 8.61. The van der Waals surface area contributed by atoms with Gasteiger partial charge in [-0.2, -0.15) is 0 Å².